The van der Waals surface area contributed by atoms with E-state index in [2.05, 4.69) is 12.8 Å². The second kappa shape index (κ2) is 10.1. The summed E-state index contributed by atoms with van der Waals surface area (Å²) in [5, 5.41) is 0. The molecule has 4 rings (SSSR count). The van der Waals surface area contributed by atoms with Crippen LogP contribution in [0.5, 0.6) is 11.5 Å². The Balaban J connectivity index is 1.26. The fourth-order valence-electron chi connectivity index (χ4n) is 5.20. The predicted octanol–water partition coefficient (Wildman–Crippen LogP) is 5.33. The first-order valence-electron chi connectivity index (χ1n) is 11.9. The van der Waals surface area contributed by atoms with Gasteiger partial charge in [-0.2, -0.15) is 0 Å². The van der Waals surface area contributed by atoms with Crippen LogP contribution in [-0.4, -0.2) is 37.7 Å². The Morgan fingerprint density at radius 3 is 2.75 bits per heavy atom. The summed E-state index contributed by atoms with van der Waals surface area (Å²) in [6.07, 6.45) is 16.0. The van der Waals surface area contributed by atoms with E-state index < -0.39 is 0 Å². The van der Waals surface area contributed by atoms with Gasteiger partial charge >= 0.3 is 5.97 Å². The Kier molecular flexibility index (Phi) is 7.27. The van der Waals surface area contributed by atoms with E-state index in [1.165, 1.54) is 13.5 Å². The zero-order valence-corrected chi connectivity index (χ0v) is 19.2. The number of hydrogen-bond donors (Lipinski definition) is 0. The van der Waals surface area contributed by atoms with Crippen LogP contribution in [0.25, 0.3) is 0 Å². The standard InChI is InChI=1S/C26H34O6/c1-4-15-29-20-16-21-22(30-25(27)24(21)23(17-20)28-3)11-7-5-6-9-19-10-8-13-26(32-19)14-12-18(2)31-26/h1,16-19,22H,5-15H2,2-3H3. The van der Waals surface area contributed by atoms with Gasteiger partial charge in [0.15, 0.2) is 5.79 Å². The monoisotopic (exact) mass is 442 g/mol. The number of carbonyl (C=O) groups excluding carboxylic acids is 1. The molecule has 0 radical (unpaired) electrons. The highest BCUT2D eigenvalue weighted by Crippen LogP contribution is 2.43. The first-order valence-corrected chi connectivity index (χ1v) is 11.9. The molecule has 3 aliphatic heterocycles. The van der Waals surface area contributed by atoms with Crippen LogP contribution < -0.4 is 9.47 Å². The zero-order valence-electron chi connectivity index (χ0n) is 19.2. The third-order valence-corrected chi connectivity index (χ3v) is 6.75. The molecule has 3 aliphatic rings. The zero-order chi connectivity index (χ0) is 22.6. The smallest absolute Gasteiger partial charge is 0.342 e. The molecule has 0 N–H and O–H groups in total. The number of carbonyl (C=O) groups is 1. The van der Waals surface area contributed by atoms with Crippen LogP contribution in [0, 0.1) is 12.3 Å². The van der Waals surface area contributed by atoms with Crippen molar-refractivity contribution >= 4 is 5.97 Å². The van der Waals surface area contributed by atoms with Crippen LogP contribution in [0.1, 0.15) is 93.2 Å². The van der Waals surface area contributed by atoms with E-state index >= 15 is 0 Å². The average molecular weight is 443 g/mol. The Labute approximate surface area is 190 Å². The summed E-state index contributed by atoms with van der Waals surface area (Å²) in [4.78, 5) is 12.4. The molecule has 1 aromatic carbocycles. The SMILES string of the molecule is C#CCOc1cc(OC)c2c(c1)C(CCCCCC1CCCC3(CCC(C)O3)O1)OC2=O. The third kappa shape index (κ3) is 5.05. The largest absolute Gasteiger partial charge is 0.496 e. The van der Waals surface area contributed by atoms with Crippen molar-refractivity contribution < 1.29 is 28.5 Å². The van der Waals surface area contributed by atoms with Gasteiger partial charge in [0.25, 0.3) is 0 Å². The van der Waals surface area contributed by atoms with Gasteiger partial charge in [0, 0.05) is 24.5 Å². The fraction of sp³-hybridized carbons (Fsp3) is 0.654. The second-order valence-corrected chi connectivity index (χ2v) is 9.12. The molecule has 174 valence electrons. The Hall–Kier alpha value is -2.23. The van der Waals surface area contributed by atoms with Gasteiger partial charge in [-0.3, -0.25) is 0 Å². The number of fused-ring (bicyclic) bond motifs is 1. The highest BCUT2D eigenvalue weighted by Gasteiger charge is 2.43. The minimum Gasteiger partial charge on any atom is -0.496 e. The van der Waals surface area contributed by atoms with Gasteiger partial charge in [-0.1, -0.05) is 18.8 Å². The molecule has 4 atom stereocenters. The van der Waals surface area contributed by atoms with Crippen molar-refractivity contribution in [3.8, 4) is 23.8 Å². The van der Waals surface area contributed by atoms with E-state index in [1.54, 1.807) is 6.07 Å². The second-order valence-electron chi connectivity index (χ2n) is 9.12. The predicted molar refractivity (Wildman–Crippen MR) is 120 cm³/mol. The minimum atomic E-state index is -0.336. The Bertz CT molecular complexity index is 855. The molecule has 32 heavy (non-hydrogen) atoms. The molecule has 1 aromatic rings. The number of rotatable bonds is 9. The Morgan fingerprint density at radius 2 is 2.00 bits per heavy atom. The van der Waals surface area contributed by atoms with Gasteiger partial charge < -0.3 is 23.7 Å². The summed E-state index contributed by atoms with van der Waals surface area (Å²) >= 11 is 0. The summed E-state index contributed by atoms with van der Waals surface area (Å²) in [5.41, 5.74) is 1.32. The molecule has 4 unspecified atom stereocenters. The molecular weight excluding hydrogens is 408 g/mol. The molecule has 0 aromatic heterocycles. The van der Waals surface area contributed by atoms with Crippen molar-refractivity contribution in [2.24, 2.45) is 0 Å². The van der Waals surface area contributed by atoms with Crippen molar-refractivity contribution in [1.82, 2.24) is 0 Å². The summed E-state index contributed by atoms with van der Waals surface area (Å²) in [6, 6.07) is 3.54. The molecule has 6 nitrogen and oxygen atoms in total. The van der Waals surface area contributed by atoms with Crippen LogP contribution in [-0.2, 0) is 14.2 Å². The number of hydrogen-bond acceptors (Lipinski definition) is 6. The van der Waals surface area contributed by atoms with Gasteiger partial charge in [0.05, 0.1) is 19.3 Å². The van der Waals surface area contributed by atoms with Crippen LogP contribution >= 0.6 is 0 Å². The number of ether oxygens (including phenoxy) is 5. The minimum absolute atomic E-state index is 0.163. The summed E-state index contributed by atoms with van der Waals surface area (Å²) < 4.78 is 29.1. The molecule has 2 fully saturated rings. The van der Waals surface area contributed by atoms with Crippen molar-refractivity contribution in [3.63, 3.8) is 0 Å². The van der Waals surface area contributed by atoms with Crippen molar-refractivity contribution in [2.75, 3.05) is 13.7 Å². The quantitative estimate of drug-likeness (QED) is 0.292. The lowest BCUT2D eigenvalue weighted by Crippen LogP contribution is -2.40. The maximum atomic E-state index is 12.4. The summed E-state index contributed by atoms with van der Waals surface area (Å²) in [7, 11) is 1.54. The number of methoxy groups -OCH3 is 1. The van der Waals surface area contributed by atoms with Gasteiger partial charge in [-0.15, -0.1) is 6.42 Å². The van der Waals surface area contributed by atoms with E-state index in [0.29, 0.717) is 29.3 Å². The van der Waals surface area contributed by atoms with E-state index in [4.69, 9.17) is 30.1 Å². The lowest BCUT2D eigenvalue weighted by Gasteiger charge is -2.38. The Morgan fingerprint density at radius 1 is 1.16 bits per heavy atom. The lowest BCUT2D eigenvalue weighted by molar-refractivity contribution is -0.269. The molecular formula is C26H34O6. The first kappa shape index (κ1) is 22.9. The van der Waals surface area contributed by atoms with Gasteiger partial charge in [0.2, 0.25) is 0 Å². The number of unbranched alkanes of at least 4 members (excludes halogenated alkanes) is 2. The average Bonchev–Trinajstić information content (AvgIpc) is 3.30. The normalized spacial score (nSPS) is 28.9. The molecule has 0 saturated carbocycles. The van der Waals surface area contributed by atoms with E-state index in [1.807, 2.05) is 6.07 Å². The van der Waals surface area contributed by atoms with Crippen molar-refractivity contribution in [2.45, 2.75) is 95.2 Å². The fourth-order valence-corrected chi connectivity index (χ4v) is 5.20. The molecule has 0 aliphatic carbocycles. The van der Waals surface area contributed by atoms with Gasteiger partial charge in [0.1, 0.15) is 29.8 Å². The number of benzene rings is 1. The van der Waals surface area contributed by atoms with E-state index in [9.17, 15) is 4.79 Å². The van der Waals surface area contributed by atoms with Crippen LogP contribution in [0.4, 0.5) is 0 Å². The van der Waals surface area contributed by atoms with Crippen molar-refractivity contribution in [3.05, 3.63) is 23.3 Å². The number of cyclic esters (lactones) is 1. The van der Waals surface area contributed by atoms with E-state index in [-0.39, 0.29) is 24.5 Å². The highest BCUT2D eigenvalue weighted by molar-refractivity contribution is 5.97. The molecule has 2 saturated heterocycles. The molecule has 3 heterocycles. The molecule has 6 heteroatoms. The highest BCUT2D eigenvalue weighted by atomic mass is 16.7. The number of terminal acetylenes is 1. The van der Waals surface area contributed by atoms with Gasteiger partial charge in [-0.25, -0.2) is 4.79 Å². The van der Waals surface area contributed by atoms with Gasteiger partial charge in [-0.05, 0) is 51.5 Å². The molecule has 1 spiro atoms. The third-order valence-electron chi connectivity index (χ3n) is 6.75. The summed E-state index contributed by atoms with van der Waals surface area (Å²) in [6.45, 7) is 2.30. The maximum absolute atomic E-state index is 12.4. The first-order chi connectivity index (χ1) is 15.5. The van der Waals surface area contributed by atoms with Crippen molar-refractivity contribution in [1.29, 1.82) is 0 Å². The number of esters is 1. The topological polar surface area (TPSA) is 63.2 Å². The van der Waals surface area contributed by atoms with E-state index in [0.717, 1.165) is 63.4 Å². The molecule has 0 amide bonds. The lowest BCUT2D eigenvalue weighted by atomic mass is 9.95. The van der Waals surface area contributed by atoms with Crippen LogP contribution in [0.15, 0.2) is 12.1 Å². The molecule has 0 bridgehead atoms. The van der Waals surface area contributed by atoms with Crippen LogP contribution in [0.2, 0.25) is 0 Å². The maximum Gasteiger partial charge on any atom is 0.342 e. The summed E-state index contributed by atoms with van der Waals surface area (Å²) in [5.74, 6) is 2.86. The van der Waals surface area contributed by atoms with Crippen LogP contribution in [0.3, 0.4) is 0 Å².